The fraction of sp³-hybridized carbons (Fsp3) is 0.0769. The second-order valence-electron chi connectivity index (χ2n) is 3.56. The van der Waals surface area contributed by atoms with Crippen LogP contribution in [0.1, 0.15) is 0 Å². The number of phenolic OH excluding ortho intramolecular Hbond substituents is 1. The summed E-state index contributed by atoms with van der Waals surface area (Å²) in [6, 6.07) is 11.5. The molecule has 0 radical (unpaired) electrons. The molecule has 2 aromatic carbocycles. The fourth-order valence-electron chi connectivity index (χ4n) is 1.45. The summed E-state index contributed by atoms with van der Waals surface area (Å²) in [6.07, 6.45) is 0. The Hall–Kier alpha value is -0.137. The van der Waals surface area contributed by atoms with E-state index in [1.165, 1.54) is 6.07 Å². The number of phenols is 1. The molecule has 0 saturated heterocycles. The van der Waals surface area contributed by atoms with Crippen LogP contribution in [0.4, 0.5) is 4.39 Å². The molecule has 0 amide bonds. The maximum atomic E-state index is 13.5. The normalized spacial score (nSPS) is 10.0. The first-order valence-corrected chi connectivity index (χ1v) is 12.8. The predicted molar refractivity (Wildman–Crippen MR) is 80.3 cm³/mol. The van der Waals surface area contributed by atoms with Crippen molar-refractivity contribution in [3.63, 3.8) is 0 Å². The Morgan fingerprint density at radius 3 is 2.40 bits per heavy atom. The van der Waals surface area contributed by atoms with Gasteiger partial charge in [0, 0.05) is 10.6 Å². The van der Waals surface area contributed by atoms with E-state index < -0.39 is 20.8 Å². The van der Waals surface area contributed by atoms with Gasteiger partial charge in [0.25, 0.3) is 0 Å². The van der Waals surface area contributed by atoms with E-state index in [1.54, 1.807) is 43.5 Å². The predicted octanol–water partition coefficient (Wildman–Crippen LogP) is 3.55. The fourth-order valence-corrected chi connectivity index (χ4v) is 2.55. The van der Waals surface area contributed by atoms with Crippen LogP contribution < -0.4 is 15.3 Å². The van der Waals surface area contributed by atoms with Crippen molar-refractivity contribution in [3.05, 3.63) is 48.3 Å². The number of ether oxygens (including phenoxy) is 1. The van der Waals surface area contributed by atoms with Gasteiger partial charge in [0.15, 0.2) is 0 Å². The third-order valence-corrected chi connectivity index (χ3v) is 3.69. The number of hydrogen-bond acceptors (Lipinski definition) is 2. The van der Waals surface area contributed by atoms with E-state index >= 15 is 0 Å². The summed E-state index contributed by atoms with van der Waals surface area (Å²) in [5.41, 5.74) is 0. The van der Waals surface area contributed by atoms with Gasteiger partial charge in [0.05, 0.1) is 7.11 Å². The monoisotopic (exact) mass is 410 g/mol. The molecule has 106 valence electrons. The zero-order valence-corrected chi connectivity index (χ0v) is 15.5. The van der Waals surface area contributed by atoms with Crippen molar-refractivity contribution in [2.24, 2.45) is 0 Å². The third kappa shape index (κ3) is 5.70. The second-order valence-corrected chi connectivity index (χ2v) is 8.62. The Morgan fingerprint density at radius 1 is 1.15 bits per heavy atom. The van der Waals surface area contributed by atoms with Crippen molar-refractivity contribution in [3.8, 4) is 11.5 Å². The summed E-state index contributed by atoms with van der Waals surface area (Å²) in [5, 5.41) is 11.0. The number of aromatic hydroxyl groups is 1. The molecule has 20 heavy (non-hydrogen) atoms. The average molecular weight is 412 g/mol. The molecule has 0 aliphatic rings. The van der Waals surface area contributed by atoms with Crippen LogP contribution in [0.15, 0.2) is 42.5 Å². The van der Waals surface area contributed by atoms with Gasteiger partial charge in [-0.1, -0.05) is 26.8 Å². The van der Waals surface area contributed by atoms with Crippen molar-refractivity contribution in [1.29, 1.82) is 0 Å². The molecule has 0 bridgehead atoms. The molecule has 0 aromatic heterocycles. The van der Waals surface area contributed by atoms with Crippen LogP contribution >= 0.6 is 25.6 Å². The molecule has 0 aliphatic carbocycles. The molecule has 2 nitrogen and oxygen atoms in total. The maximum absolute atomic E-state index is 13.5. The first-order valence-electron chi connectivity index (χ1n) is 5.47. The Bertz CT molecular complexity index is 558. The first-order chi connectivity index (χ1) is 9.62. The van der Waals surface area contributed by atoms with Crippen LogP contribution in [-0.2, 0) is 20.8 Å². The van der Waals surface area contributed by atoms with E-state index in [4.69, 9.17) is 21.8 Å². The SMILES string of the molecule is COc1ccc(O)c(Pc2ccccc2F)c1.[Cl][Zr][Cl]. The van der Waals surface area contributed by atoms with E-state index in [9.17, 15) is 9.50 Å². The summed E-state index contributed by atoms with van der Waals surface area (Å²) in [5.74, 6) is 0.557. The van der Waals surface area contributed by atoms with Gasteiger partial charge in [-0.25, -0.2) is 4.39 Å². The average Bonchev–Trinajstić information content (AvgIpc) is 2.44. The molecular formula is C13H12Cl2FO2PZr. The molecular weight excluding hydrogens is 400 g/mol. The van der Waals surface area contributed by atoms with Crippen LogP contribution in [-0.4, -0.2) is 12.2 Å². The molecule has 7 heteroatoms. The summed E-state index contributed by atoms with van der Waals surface area (Å²) >= 11 is -0.826. The van der Waals surface area contributed by atoms with Gasteiger partial charge >= 0.3 is 37.9 Å². The Balaban J connectivity index is 0.000000612. The van der Waals surface area contributed by atoms with E-state index in [2.05, 4.69) is 0 Å². The summed E-state index contributed by atoms with van der Waals surface area (Å²) in [6.45, 7) is 0. The van der Waals surface area contributed by atoms with Crippen LogP contribution in [0.5, 0.6) is 11.5 Å². The van der Waals surface area contributed by atoms with Gasteiger partial charge in [-0.2, -0.15) is 0 Å². The quantitative estimate of drug-likeness (QED) is 0.782. The molecule has 1 N–H and O–H groups in total. The van der Waals surface area contributed by atoms with Gasteiger partial charge < -0.3 is 9.84 Å². The van der Waals surface area contributed by atoms with E-state index in [-0.39, 0.29) is 20.1 Å². The van der Waals surface area contributed by atoms with Gasteiger partial charge in [-0.15, -0.1) is 0 Å². The topological polar surface area (TPSA) is 29.5 Å². The minimum atomic E-state index is -0.826. The van der Waals surface area contributed by atoms with Crippen molar-refractivity contribution in [1.82, 2.24) is 0 Å². The van der Waals surface area contributed by atoms with Gasteiger partial charge in [0.2, 0.25) is 0 Å². The van der Waals surface area contributed by atoms with Gasteiger partial charge in [-0.05, 0) is 24.3 Å². The number of benzene rings is 2. The van der Waals surface area contributed by atoms with Crippen molar-refractivity contribution < 1.29 is 35.1 Å². The van der Waals surface area contributed by atoms with Gasteiger partial charge in [0.1, 0.15) is 17.3 Å². The molecule has 1 atom stereocenters. The Labute approximate surface area is 137 Å². The number of rotatable bonds is 3. The molecule has 0 fully saturated rings. The minimum absolute atomic E-state index is 0.0688. The Kier molecular flexibility index (Phi) is 8.72. The standard InChI is InChI=1S/C13H12FO2P.2ClH.Zr/c1-16-9-6-7-11(15)13(8-9)17-12-5-3-2-4-10(12)14;;;/h2-8,15,17H,1H3;2*1H;/q;;;+2/p-2. The molecule has 0 heterocycles. The van der Waals surface area contributed by atoms with Crippen molar-refractivity contribution >= 4 is 36.2 Å². The molecule has 2 rings (SSSR count). The second kappa shape index (κ2) is 9.74. The van der Waals surface area contributed by atoms with E-state index in [0.717, 1.165) is 0 Å². The summed E-state index contributed by atoms with van der Waals surface area (Å²) in [7, 11) is 11.5. The molecule has 0 spiro atoms. The summed E-state index contributed by atoms with van der Waals surface area (Å²) < 4.78 is 18.6. The Morgan fingerprint density at radius 2 is 1.80 bits per heavy atom. The molecule has 0 aliphatic heterocycles. The first kappa shape index (κ1) is 17.9. The van der Waals surface area contributed by atoms with Crippen LogP contribution in [0, 0.1) is 5.82 Å². The molecule has 2 aromatic rings. The van der Waals surface area contributed by atoms with Crippen LogP contribution in [0.25, 0.3) is 0 Å². The molecule has 1 unspecified atom stereocenters. The zero-order valence-electron chi connectivity index (χ0n) is 10.5. The van der Waals surface area contributed by atoms with Gasteiger partial charge in [-0.3, -0.25) is 0 Å². The number of methoxy groups -OCH3 is 1. The van der Waals surface area contributed by atoms with Crippen LogP contribution in [0.2, 0.25) is 0 Å². The molecule has 0 saturated carbocycles. The van der Waals surface area contributed by atoms with Crippen LogP contribution in [0.3, 0.4) is 0 Å². The zero-order chi connectivity index (χ0) is 15.0. The number of hydrogen-bond donors (Lipinski definition) is 1. The van der Waals surface area contributed by atoms with Crippen molar-refractivity contribution in [2.45, 2.75) is 0 Å². The third-order valence-electron chi connectivity index (χ3n) is 2.35. The number of halogens is 3. The summed E-state index contributed by atoms with van der Waals surface area (Å²) in [4.78, 5) is 0. The van der Waals surface area contributed by atoms with E-state index in [0.29, 0.717) is 16.4 Å². The van der Waals surface area contributed by atoms with Crippen molar-refractivity contribution in [2.75, 3.05) is 7.11 Å². The van der Waals surface area contributed by atoms with E-state index in [1.807, 2.05) is 0 Å².